The lowest BCUT2D eigenvalue weighted by Crippen LogP contribution is -2.37. The van der Waals surface area contributed by atoms with Crippen molar-refractivity contribution in [1.29, 1.82) is 0 Å². The number of nitrogens with zero attached hydrogens (tertiary/aromatic N) is 1. The molecule has 0 aliphatic heterocycles. The van der Waals surface area contributed by atoms with Crippen LogP contribution in [-0.4, -0.2) is 18.4 Å². The molecule has 2 rings (SSSR count). The predicted molar refractivity (Wildman–Crippen MR) is 89.5 cm³/mol. The van der Waals surface area contributed by atoms with Crippen molar-refractivity contribution < 1.29 is 14.0 Å². The average molecular weight is 355 g/mol. The Labute approximate surface area is 142 Å². The van der Waals surface area contributed by atoms with E-state index in [0.29, 0.717) is 5.69 Å². The molecule has 0 saturated carbocycles. The second-order valence-electron chi connectivity index (χ2n) is 4.73. The van der Waals surface area contributed by atoms with Crippen molar-refractivity contribution in [3.05, 3.63) is 58.3 Å². The number of rotatable bonds is 4. The molecule has 0 unspecified atom stereocenters. The van der Waals surface area contributed by atoms with Gasteiger partial charge in [-0.15, -0.1) is 0 Å². The van der Waals surface area contributed by atoms with Crippen LogP contribution in [0.25, 0.3) is 0 Å². The number of para-hydroxylation sites is 1. The van der Waals surface area contributed by atoms with Crippen molar-refractivity contribution in [2.24, 2.45) is 0 Å². The van der Waals surface area contributed by atoms with Gasteiger partial charge in [-0.25, -0.2) is 4.39 Å². The van der Waals surface area contributed by atoms with Gasteiger partial charge in [-0.2, -0.15) is 0 Å². The van der Waals surface area contributed by atoms with Crippen LogP contribution in [0.1, 0.15) is 6.92 Å². The number of benzene rings is 2. The summed E-state index contributed by atoms with van der Waals surface area (Å²) in [5.41, 5.74) is 0.557. The van der Waals surface area contributed by atoms with Crippen LogP contribution in [0, 0.1) is 5.82 Å². The lowest BCUT2D eigenvalue weighted by molar-refractivity contribution is -0.120. The molecule has 2 aromatic rings. The molecular weight excluding hydrogens is 342 g/mol. The van der Waals surface area contributed by atoms with Crippen molar-refractivity contribution in [3.63, 3.8) is 0 Å². The summed E-state index contributed by atoms with van der Waals surface area (Å²) in [5, 5.41) is 3.03. The number of carbonyl (C=O) groups is 2. The molecule has 23 heavy (non-hydrogen) atoms. The summed E-state index contributed by atoms with van der Waals surface area (Å²) in [6.07, 6.45) is 0. The third-order valence-electron chi connectivity index (χ3n) is 3.00. The molecule has 2 aromatic carbocycles. The molecule has 1 N–H and O–H groups in total. The van der Waals surface area contributed by atoms with E-state index in [0.717, 1.165) is 0 Å². The number of hydrogen-bond donors (Lipinski definition) is 1. The first kappa shape index (κ1) is 17.2. The highest BCUT2D eigenvalue weighted by atomic mass is 35.5. The first-order valence-corrected chi connectivity index (χ1v) is 7.41. The topological polar surface area (TPSA) is 49.4 Å². The molecule has 0 heterocycles. The summed E-state index contributed by atoms with van der Waals surface area (Å²) in [6, 6.07) is 10.2. The van der Waals surface area contributed by atoms with Crippen molar-refractivity contribution in [2.75, 3.05) is 16.8 Å². The van der Waals surface area contributed by atoms with E-state index in [2.05, 4.69) is 5.32 Å². The fraction of sp³-hybridized carbons (Fsp3) is 0.125. The number of hydrogen-bond acceptors (Lipinski definition) is 2. The van der Waals surface area contributed by atoms with Gasteiger partial charge < -0.3 is 10.2 Å². The molecule has 7 heteroatoms. The Balaban J connectivity index is 2.20. The Bertz CT molecular complexity index is 732. The normalized spacial score (nSPS) is 10.3. The zero-order valence-electron chi connectivity index (χ0n) is 12.1. The molecule has 0 atom stereocenters. The van der Waals surface area contributed by atoms with Crippen LogP contribution >= 0.6 is 23.2 Å². The van der Waals surface area contributed by atoms with Gasteiger partial charge in [0.25, 0.3) is 0 Å². The van der Waals surface area contributed by atoms with Gasteiger partial charge in [0.1, 0.15) is 12.4 Å². The smallest absolute Gasteiger partial charge is 0.244 e. The van der Waals surface area contributed by atoms with Crippen LogP contribution in [-0.2, 0) is 9.59 Å². The fourth-order valence-electron chi connectivity index (χ4n) is 2.01. The molecule has 0 aliphatic carbocycles. The van der Waals surface area contributed by atoms with Gasteiger partial charge in [0.15, 0.2) is 0 Å². The standard InChI is InChI=1S/C16H13Cl2FN2O2/c1-10(22)21(16-13(17)6-3-7-14(16)18)9-15(23)20-12-5-2-4-11(19)8-12/h2-8H,9H2,1H3,(H,20,23). The van der Waals surface area contributed by atoms with E-state index in [9.17, 15) is 14.0 Å². The zero-order chi connectivity index (χ0) is 17.0. The van der Waals surface area contributed by atoms with Gasteiger partial charge >= 0.3 is 0 Å². The minimum Gasteiger partial charge on any atom is -0.324 e. The van der Waals surface area contributed by atoms with E-state index in [4.69, 9.17) is 23.2 Å². The van der Waals surface area contributed by atoms with Crippen LogP contribution < -0.4 is 10.2 Å². The van der Waals surface area contributed by atoms with Gasteiger partial charge in [0.2, 0.25) is 11.8 Å². The Morgan fingerprint density at radius 1 is 1.13 bits per heavy atom. The van der Waals surface area contributed by atoms with E-state index >= 15 is 0 Å². The highest BCUT2D eigenvalue weighted by Crippen LogP contribution is 2.33. The van der Waals surface area contributed by atoms with E-state index in [-0.39, 0.29) is 22.3 Å². The van der Waals surface area contributed by atoms with Crippen molar-refractivity contribution in [3.8, 4) is 0 Å². The van der Waals surface area contributed by atoms with Crippen molar-refractivity contribution >= 4 is 46.4 Å². The molecule has 0 aromatic heterocycles. The number of nitrogens with one attached hydrogen (secondary N) is 1. The average Bonchev–Trinajstić information content (AvgIpc) is 2.45. The van der Waals surface area contributed by atoms with Crippen LogP contribution in [0.5, 0.6) is 0 Å². The minimum absolute atomic E-state index is 0.256. The summed E-state index contributed by atoms with van der Waals surface area (Å²) < 4.78 is 13.1. The maximum absolute atomic E-state index is 13.1. The monoisotopic (exact) mass is 354 g/mol. The van der Waals surface area contributed by atoms with Gasteiger partial charge in [0.05, 0.1) is 15.7 Å². The third kappa shape index (κ3) is 4.43. The summed E-state index contributed by atoms with van der Waals surface area (Å²) in [7, 11) is 0. The van der Waals surface area contributed by atoms with Gasteiger partial charge in [-0.1, -0.05) is 35.3 Å². The first-order chi connectivity index (χ1) is 10.9. The van der Waals surface area contributed by atoms with Crippen LogP contribution in [0.15, 0.2) is 42.5 Å². The van der Waals surface area contributed by atoms with E-state index in [1.54, 1.807) is 24.3 Å². The Kier molecular flexibility index (Phi) is 5.58. The summed E-state index contributed by atoms with van der Waals surface area (Å²) in [5.74, 6) is -1.36. The summed E-state index contributed by atoms with van der Waals surface area (Å²) in [4.78, 5) is 25.1. The number of amides is 2. The molecule has 0 saturated heterocycles. The zero-order valence-corrected chi connectivity index (χ0v) is 13.7. The van der Waals surface area contributed by atoms with Gasteiger partial charge in [-0.05, 0) is 30.3 Å². The largest absolute Gasteiger partial charge is 0.324 e. The quantitative estimate of drug-likeness (QED) is 0.897. The van der Waals surface area contributed by atoms with Crippen LogP contribution in [0.4, 0.5) is 15.8 Å². The Morgan fingerprint density at radius 2 is 1.74 bits per heavy atom. The second kappa shape index (κ2) is 7.44. The third-order valence-corrected chi connectivity index (χ3v) is 3.61. The molecular formula is C16H13Cl2FN2O2. The molecule has 120 valence electrons. The van der Waals surface area contributed by atoms with Gasteiger partial charge in [-0.3, -0.25) is 9.59 Å². The second-order valence-corrected chi connectivity index (χ2v) is 5.55. The highest BCUT2D eigenvalue weighted by molar-refractivity contribution is 6.40. The van der Waals surface area contributed by atoms with E-state index in [1.165, 1.54) is 30.0 Å². The van der Waals surface area contributed by atoms with E-state index < -0.39 is 17.6 Å². The van der Waals surface area contributed by atoms with Gasteiger partial charge in [0, 0.05) is 12.6 Å². The highest BCUT2D eigenvalue weighted by Gasteiger charge is 2.21. The van der Waals surface area contributed by atoms with Crippen LogP contribution in [0.2, 0.25) is 10.0 Å². The molecule has 0 bridgehead atoms. The minimum atomic E-state index is -0.498. The lowest BCUT2D eigenvalue weighted by Gasteiger charge is -2.23. The van der Waals surface area contributed by atoms with Crippen molar-refractivity contribution in [2.45, 2.75) is 6.92 Å². The van der Waals surface area contributed by atoms with Crippen molar-refractivity contribution in [1.82, 2.24) is 0 Å². The Hall–Kier alpha value is -2.11. The molecule has 4 nitrogen and oxygen atoms in total. The molecule has 0 spiro atoms. The van der Waals surface area contributed by atoms with E-state index in [1.807, 2.05) is 0 Å². The maximum atomic E-state index is 13.1. The first-order valence-electron chi connectivity index (χ1n) is 6.66. The molecule has 0 fully saturated rings. The molecule has 0 aliphatic rings. The summed E-state index contributed by atoms with van der Waals surface area (Å²) in [6.45, 7) is 1.00. The lowest BCUT2D eigenvalue weighted by atomic mass is 10.2. The number of anilines is 2. The predicted octanol–water partition coefficient (Wildman–Crippen LogP) is 4.12. The SMILES string of the molecule is CC(=O)N(CC(=O)Nc1cccc(F)c1)c1c(Cl)cccc1Cl. The Morgan fingerprint density at radius 3 is 2.30 bits per heavy atom. The molecule has 0 radical (unpaired) electrons. The number of carbonyl (C=O) groups excluding carboxylic acids is 2. The fourth-order valence-corrected chi connectivity index (χ4v) is 2.61. The summed E-state index contributed by atoms with van der Waals surface area (Å²) >= 11 is 12.1. The van der Waals surface area contributed by atoms with Crippen LogP contribution in [0.3, 0.4) is 0 Å². The maximum Gasteiger partial charge on any atom is 0.244 e. The molecule has 2 amide bonds. The number of halogens is 3.